The van der Waals surface area contributed by atoms with Crippen LogP contribution in [0.4, 0.5) is 11.4 Å². The number of hydrogen-bond donors (Lipinski definition) is 1. The minimum absolute atomic E-state index is 0.147. The highest BCUT2D eigenvalue weighted by Crippen LogP contribution is 2.25. The zero-order valence-corrected chi connectivity index (χ0v) is 18.5. The highest BCUT2D eigenvalue weighted by atomic mass is 32.2. The van der Waals surface area contributed by atoms with Crippen LogP contribution in [-0.2, 0) is 14.8 Å². The molecule has 0 saturated carbocycles. The van der Waals surface area contributed by atoms with Gasteiger partial charge in [0.05, 0.1) is 10.6 Å². The molecule has 156 valence electrons. The summed E-state index contributed by atoms with van der Waals surface area (Å²) in [4.78, 5) is 13.0. The Morgan fingerprint density at radius 2 is 1.47 bits per heavy atom. The van der Waals surface area contributed by atoms with Crippen LogP contribution in [0, 0.1) is 27.7 Å². The van der Waals surface area contributed by atoms with Crippen LogP contribution >= 0.6 is 0 Å². The van der Waals surface area contributed by atoms with Crippen molar-refractivity contribution < 1.29 is 13.2 Å². The molecular weight excluding hydrogens is 396 g/mol. The molecule has 0 aliphatic rings. The van der Waals surface area contributed by atoms with Crippen molar-refractivity contribution in [3.8, 4) is 0 Å². The van der Waals surface area contributed by atoms with Crippen molar-refractivity contribution in [1.29, 1.82) is 0 Å². The van der Waals surface area contributed by atoms with Crippen LogP contribution in [0.1, 0.15) is 22.3 Å². The van der Waals surface area contributed by atoms with Crippen molar-refractivity contribution in [3.63, 3.8) is 0 Å². The van der Waals surface area contributed by atoms with Gasteiger partial charge in [0.25, 0.3) is 10.0 Å². The molecule has 0 atom stereocenters. The van der Waals surface area contributed by atoms with Crippen LogP contribution in [0.15, 0.2) is 71.6 Å². The number of carbonyl (C=O) groups excluding carboxylic acids is 1. The zero-order valence-electron chi connectivity index (χ0n) is 17.6. The van der Waals surface area contributed by atoms with E-state index in [9.17, 15) is 13.2 Å². The van der Waals surface area contributed by atoms with Gasteiger partial charge in [0.1, 0.15) is 6.54 Å². The van der Waals surface area contributed by atoms with Crippen molar-refractivity contribution in [2.24, 2.45) is 0 Å². The lowest BCUT2D eigenvalue weighted by atomic mass is 10.1. The summed E-state index contributed by atoms with van der Waals surface area (Å²) in [7, 11) is -3.92. The second-order valence-corrected chi connectivity index (χ2v) is 9.39. The smallest absolute Gasteiger partial charge is 0.264 e. The topological polar surface area (TPSA) is 66.5 Å². The predicted octanol–water partition coefficient (Wildman–Crippen LogP) is 4.75. The normalized spacial score (nSPS) is 11.2. The second kappa shape index (κ2) is 8.71. The van der Waals surface area contributed by atoms with E-state index in [0.29, 0.717) is 11.4 Å². The van der Waals surface area contributed by atoms with Crippen molar-refractivity contribution in [3.05, 3.63) is 89.0 Å². The minimum Gasteiger partial charge on any atom is -0.324 e. The molecule has 0 spiro atoms. The molecule has 1 amide bonds. The lowest BCUT2D eigenvalue weighted by molar-refractivity contribution is -0.114. The van der Waals surface area contributed by atoms with Gasteiger partial charge < -0.3 is 5.32 Å². The molecule has 3 aromatic rings. The summed E-state index contributed by atoms with van der Waals surface area (Å²) in [6.45, 7) is 7.34. The first-order valence-electron chi connectivity index (χ1n) is 9.70. The summed E-state index contributed by atoms with van der Waals surface area (Å²) < 4.78 is 28.0. The van der Waals surface area contributed by atoms with Crippen LogP contribution in [-0.4, -0.2) is 20.9 Å². The first-order chi connectivity index (χ1) is 14.2. The number of sulfonamides is 1. The van der Waals surface area contributed by atoms with Gasteiger partial charge in [-0.25, -0.2) is 8.42 Å². The first-order valence-corrected chi connectivity index (χ1v) is 11.1. The van der Waals surface area contributed by atoms with E-state index in [1.54, 1.807) is 42.5 Å². The molecule has 0 aliphatic carbocycles. The highest BCUT2D eigenvalue weighted by molar-refractivity contribution is 7.92. The first kappa shape index (κ1) is 21.6. The lowest BCUT2D eigenvalue weighted by Gasteiger charge is -2.24. The third-order valence-electron chi connectivity index (χ3n) is 4.84. The zero-order chi connectivity index (χ0) is 21.9. The maximum Gasteiger partial charge on any atom is 0.264 e. The Morgan fingerprint density at radius 1 is 0.833 bits per heavy atom. The average molecular weight is 423 g/mol. The predicted molar refractivity (Wildman–Crippen MR) is 121 cm³/mol. The second-order valence-electron chi connectivity index (χ2n) is 7.53. The van der Waals surface area contributed by atoms with Crippen molar-refractivity contribution in [2.75, 3.05) is 16.2 Å². The number of nitrogens with one attached hydrogen (secondary N) is 1. The van der Waals surface area contributed by atoms with Crippen molar-refractivity contribution in [1.82, 2.24) is 0 Å². The van der Waals surface area contributed by atoms with E-state index >= 15 is 0 Å². The van der Waals surface area contributed by atoms with E-state index in [-0.39, 0.29) is 11.4 Å². The molecule has 0 aromatic heterocycles. The summed E-state index contributed by atoms with van der Waals surface area (Å²) in [6.07, 6.45) is 0. The van der Waals surface area contributed by atoms with Crippen LogP contribution in [0.25, 0.3) is 0 Å². The van der Waals surface area contributed by atoms with E-state index in [4.69, 9.17) is 0 Å². The van der Waals surface area contributed by atoms with E-state index in [2.05, 4.69) is 5.32 Å². The lowest BCUT2D eigenvalue weighted by Crippen LogP contribution is -2.38. The SMILES string of the molecule is Cc1ccc(S(=O)(=O)N(CC(=O)Nc2ccc(C)cc2C)c2cccc(C)c2)cc1. The third-order valence-corrected chi connectivity index (χ3v) is 6.63. The van der Waals surface area contributed by atoms with Gasteiger partial charge in [-0.15, -0.1) is 0 Å². The molecule has 30 heavy (non-hydrogen) atoms. The van der Waals surface area contributed by atoms with Crippen molar-refractivity contribution in [2.45, 2.75) is 32.6 Å². The quantitative estimate of drug-likeness (QED) is 0.623. The summed E-state index contributed by atoms with van der Waals surface area (Å²) >= 11 is 0. The Hall–Kier alpha value is -3.12. The minimum atomic E-state index is -3.92. The maximum atomic E-state index is 13.4. The summed E-state index contributed by atoms with van der Waals surface area (Å²) in [5.74, 6) is -0.404. The molecule has 3 aromatic carbocycles. The number of anilines is 2. The van der Waals surface area contributed by atoms with Crippen LogP contribution < -0.4 is 9.62 Å². The molecule has 0 fully saturated rings. The van der Waals surface area contributed by atoms with Gasteiger partial charge in [0, 0.05) is 5.69 Å². The fraction of sp³-hybridized carbons (Fsp3) is 0.208. The van der Waals surface area contributed by atoms with Gasteiger partial charge in [-0.2, -0.15) is 0 Å². The average Bonchev–Trinajstić information content (AvgIpc) is 2.68. The Kier molecular flexibility index (Phi) is 6.27. The number of rotatable bonds is 6. The summed E-state index contributed by atoms with van der Waals surface area (Å²) in [6, 6.07) is 19.5. The molecule has 0 unspecified atom stereocenters. The Bertz CT molecular complexity index is 1170. The van der Waals surface area contributed by atoms with Gasteiger partial charge in [0.2, 0.25) is 5.91 Å². The maximum absolute atomic E-state index is 13.4. The molecule has 5 nitrogen and oxygen atoms in total. The molecule has 0 radical (unpaired) electrons. The molecule has 0 bridgehead atoms. The third kappa shape index (κ3) is 4.89. The standard InChI is InChI=1S/C24H26N2O3S/c1-17-8-11-22(12-9-17)30(28,29)26(21-7-5-6-18(2)15-21)16-24(27)25-23-13-10-19(3)14-20(23)4/h5-15H,16H2,1-4H3,(H,25,27). The Balaban J connectivity index is 1.95. The van der Waals surface area contributed by atoms with Crippen LogP contribution in [0.3, 0.4) is 0 Å². The van der Waals surface area contributed by atoms with E-state index in [0.717, 1.165) is 26.6 Å². The fourth-order valence-electron chi connectivity index (χ4n) is 3.21. The molecule has 0 aliphatic heterocycles. The van der Waals surface area contributed by atoms with Gasteiger partial charge in [-0.3, -0.25) is 9.10 Å². The Morgan fingerprint density at radius 3 is 2.10 bits per heavy atom. The largest absolute Gasteiger partial charge is 0.324 e. The van der Waals surface area contributed by atoms with Gasteiger partial charge >= 0.3 is 0 Å². The number of nitrogens with zero attached hydrogens (tertiary/aromatic N) is 1. The fourth-order valence-corrected chi connectivity index (χ4v) is 4.62. The number of carbonyl (C=O) groups is 1. The summed E-state index contributed by atoms with van der Waals surface area (Å²) in [5.41, 5.74) is 5.00. The van der Waals surface area contributed by atoms with Gasteiger partial charge in [0.15, 0.2) is 0 Å². The van der Waals surface area contributed by atoms with E-state index in [1.165, 1.54) is 0 Å². The number of hydrogen-bond acceptors (Lipinski definition) is 3. The highest BCUT2D eigenvalue weighted by Gasteiger charge is 2.27. The molecule has 0 saturated heterocycles. The monoisotopic (exact) mass is 422 g/mol. The molecule has 0 heterocycles. The summed E-state index contributed by atoms with van der Waals surface area (Å²) in [5, 5.41) is 2.84. The van der Waals surface area contributed by atoms with E-state index in [1.807, 2.05) is 52.0 Å². The van der Waals surface area contributed by atoms with Crippen LogP contribution in [0.2, 0.25) is 0 Å². The van der Waals surface area contributed by atoms with Gasteiger partial charge in [-0.05, 0) is 69.2 Å². The molecular formula is C24H26N2O3S. The Labute approximate surface area is 178 Å². The molecule has 3 rings (SSSR count). The molecule has 1 N–H and O–H groups in total. The number of benzene rings is 3. The molecule has 6 heteroatoms. The van der Waals surface area contributed by atoms with E-state index < -0.39 is 15.9 Å². The number of aryl methyl sites for hydroxylation is 4. The van der Waals surface area contributed by atoms with Crippen molar-refractivity contribution >= 4 is 27.3 Å². The number of amides is 1. The van der Waals surface area contributed by atoms with Crippen LogP contribution in [0.5, 0.6) is 0 Å². The van der Waals surface area contributed by atoms with Gasteiger partial charge in [-0.1, -0.05) is 47.5 Å².